The lowest BCUT2D eigenvalue weighted by molar-refractivity contribution is 0.454. The number of aromatic nitrogens is 2. The molecule has 0 aliphatic rings. The molecule has 1 aromatic heterocycles. The van der Waals surface area contributed by atoms with Crippen LogP contribution in [-0.4, -0.2) is 36.1 Å². The van der Waals surface area contributed by atoms with Gasteiger partial charge in [-0.3, -0.25) is 4.68 Å². The summed E-state index contributed by atoms with van der Waals surface area (Å²) >= 11 is 0. The SMILES string of the molecule is CCCCCN(C)S(=O)(=O)c1c(N)nn(C)c1C. The number of hydrogen-bond donors (Lipinski definition) is 1. The van der Waals surface area contributed by atoms with Crippen LogP contribution in [0.25, 0.3) is 0 Å². The Morgan fingerprint density at radius 3 is 2.44 bits per heavy atom. The van der Waals surface area contributed by atoms with Gasteiger partial charge in [-0.25, -0.2) is 12.7 Å². The second-order valence-electron chi connectivity index (χ2n) is 4.46. The molecule has 0 spiro atoms. The molecule has 0 bridgehead atoms. The van der Waals surface area contributed by atoms with Gasteiger partial charge in [-0.1, -0.05) is 19.8 Å². The number of nitrogens with two attached hydrogens (primary N) is 1. The van der Waals surface area contributed by atoms with E-state index in [9.17, 15) is 8.42 Å². The van der Waals surface area contributed by atoms with E-state index in [1.54, 1.807) is 21.0 Å². The summed E-state index contributed by atoms with van der Waals surface area (Å²) in [5, 5.41) is 3.94. The van der Waals surface area contributed by atoms with Crippen LogP contribution in [0.3, 0.4) is 0 Å². The average molecular weight is 274 g/mol. The summed E-state index contributed by atoms with van der Waals surface area (Å²) in [5.74, 6) is 0.0670. The molecule has 0 radical (unpaired) electrons. The predicted molar refractivity (Wildman–Crippen MR) is 71.7 cm³/mol. The van der Waals surface area contributed by atoms with Crippen molar-refractivity contribution in [3.05, 3.63) is 5.69 Å². The molecule has 0 atom stereocenters. The fourth-order valence-corrected chi connectivity index (χ4v) is 3.29. The van der Waals surface area contributed by atoms with Crippen LogP contribution in [0.15, 0.2) is 4.90 Å². The molecule has 0 aliphatic carbocycles. The molecule has 18 heavy (non-hydrogen) atoms. The topological polar surface area (TPSA) is 81.2 Å². The Hall–Kier alpha value is -1.08. The van der Waals surface area contributed by atoms with Gasteiger partial charge in [0.15, 0.2) is 5.82 Å². The normalized spacial score (nSPS) is 12.3. The fraction of sp³-hybridized carbons (Fsp3) is 0.727. The zero-order valence-electron chi connectivity index (χ0n) is 11.5. The van der Waals surface area contributed by atoms with Crippen molar-refractivity contribution >= 4 is 15.8 Å². The number of rotatable bonds is 6. The molecule has 2 N–H and O–H groups in total. The molecular weight excluding hydrogens is 252 g/mol. The predicted octanol–water partition coefficient (Wildman–Crippen LogP) is 1.12. The van der Waals surface area contributed by atoms with Crippen LogP contribution in [0.4, 0.5) is 5.82 Å². The van der Waals surface area contributed by atoms with E-state index in [0.29, 0.717) is 12.2 Å². The molecule has 7 heteroatoms. The van der Waals surface area contributed by atoms with E-state index in [1.807, 2.05) is 0 Å². The number of nitrogens with zero attached hydrogens (tertiary/aromatic N) is 3. The Morgan fingerprint density at radius 1 is 1.39 bits per heavy atom. The highest BCUT2D eigenvalue weighted by Crippen LogP contribution is 2.24. The van der Waals surface area contributed by atoms with Crippen LogP contribution in [-0.2, 0) is 17.1 Å². The first-order chi connectivity index (χ1) is 8.32. The van der Waals surface area contributed by atoms with Crippen molar-refractivity contribution in [2.24, 2.45) is 7.05 Å². The summed E-state index contributed by atoms with van der Waals surface area (Å²) in [6.45, 7) is 4.29. The summed E-state index contributed by atoms with van der Waals surface area (Å²) < 4.78 is 27.6. The first-order valence-electron chi connectivity index (χ1n) is 6.07. The molecule has 104 valence electrons. The monoisotopic (exact) mass is 274 g/mol. The van der Waals surface area contributed by atoms with E-state index >= 15 is 0 Å². The van der Waals surface area contributed by atoms with Crippen LogP contribution < -0.4 is 5.73 Å². The summed E-state index contributed by atoms with van der Waals surface area (Å²) in [6.07, 6.45) is 2.93. The maximum absolute atomic E-state index is 12.4. The number of sulfonamides is 1. The lowest BCUT2D eigenvalue weighted by atomic mass is 10.2. The number of aryl methyl sites for hydroxylation is 1. The maximum Gasteiger partial charge on any atom is 0.248 e. The Bertz CT molecular complexity index is 507. The largest absolute Gasteiger partial charge is 0.381 e. The third kappa shape index (κ3) is 2.84. The molecule has 0 aliphatic heterocycles. The minimum atomic E-state index is -3.53. The number of unbranched alkanes of at least 4 members (excludes halogenated alkanes) is 2. The van der Waals surface area contributed by atoms with E-state index in [2.05, 4.69) is 12.0 Å². The molecule has 6 nitrogen and oxygen atoms in total. The van der Waals surface area contributed by atoms with Gasteiger partial charge in [-0.05, 0) is 13.3 Å². The second kappa shape index (κ2) is 5.71. The minimum absolute atomic E-state index is 0.0670. The van der Waals surface area contributed by atoms with Crippen LogP contribution in [0, 0.1) is 6.92 Å². The van der Waals surface area contributed by atoms with Gasteiger partial charge in [-0.2, -0.15) is 5.10 Å². The van der Waals surface area contributed by atoms with Gasteiger partial charge in [-0.15, -0.1) is 0 Å². The van der Waals surface area contributed by atoms with Crippen molar-refractivity contribution in [3.8, 4) is 0 Å². The first-order valence-corrected chi connectivity index (χ1v) is 7.51. The molecular formula is C11H22N4O2S. The van der Waals surface area contributed by atoms with Crippen LogP contribution in [0.2, 0.25) is 0 Å². The molecule has 0 unspecified atom stereocenters. The zero-order valence-corrected chi connectivity index (χ0v) is 12.3. The van der Waals surface area contributed by atoms with Crippen molar-refractivity contribution in [2.45, 2.75) is 38.0 Å². The quantitative estimate of drug-likeness (QED) is 0.788. The van der Waals surface area contributed by atoms with Crippen molar-refractivity contribution in [2.75, 3.05) is 19.3 Å². The highest BCUT2D eigenvalue weighted by atomic mass is 32.2. The van der Waals surface area contributed by atoms with Crippen molar-refractivity contribution < 1.29 is 8.42 Å². The summed E-state index contributed by atoms with van der Waals surface area (Å²) in [6, 6.07) is 0. The van der Waals surface area contributed by atoms with Gasteiger partial charge in [0, 0.05) is 20.6 Å². The summed E-state index contributed by atoms with van der Waals surface area (Å²) in [5.41, 5.74) is 6.25. The Balaban J connectivity index is 2.99. The Kier molecular flexibility index (Phi) is 4.75. The van der Waals surface area contributed by atoms with Gasteiger partial charge < -0.3 is 5.73 Å². The highest BCUT2D eigenvalue weighted by molar-refractivity contribution is 7.89. The third-order valence-electron chi connectivity index (χ3n) is 3.05. The van der Waals surface area contributed by atoms with Crippen LogP contribution in [0.5, 0.6) is 0 Å². The highest BCUT2D eigenvalue weighted by Gasteiger charge is 2.28. The summed E-state index contributed by atoms with van der Waals surface area (Å²) in [7, 11) is -0.272. The molecule has 0 saturated carbocycles. The van der Waals surface area contributed by atoms with Crippen LogP contribution in [0.1, 0.15) is 31.9 Å². The molecule has 1 rings (SSSR count). The van der Waals surface area contributed by atoms with Gasteiger partial charge in [0.05, 0.1) is 5.69 Å². The molecule has 0 aromatic carbocycles. The maximum atomic E-state index is 12.4. The molecule has 1 heterocycles. The molecule has 0 fully saturated rings. The van der Waals surface area contributed by atoms with E-state index in [4.69, 9.17) is 5.73 Å². The second-order valence-corrected chi connectivity index (χ2v) is 6.44. The van der Waals surface area contributed by atoms with Gasteiger partial charge in [0.1, 0.15) is 4.90 Å². The average Bonchev–Trinajstić information content (AvgIpc) is 2.53. The van der Waals surface area contributed by atoms with E-state index in [0.717, 1.165) is 19.3 Å². The third-order valence-corrected chi connectivity index (χ3v) is 5.07. The molecule has 1 aromatic rings. The molecule has 0 amide bonds. The smallest absolute Gasteiger partial charge is 0.248 e. The Labute approximate surface area is 109 Å². The first kappa shape index (κ1) is 15.0. The van der Waals surface area contributed by atoms with Crippen molar-refractivity contribution in [1.29, 1.82) is 0 Å². The number of hydrogen-bond acceptors (Lipinski definition) is 4. The van der Waals surface area contributed by atoms with E-state index in [-0.39, 0.29) is 10.7 Å². The van der Waals surface area contributed by atoms with Crippen molar-refractivity contribution in [3.63, 3.8) is 0 Å². The Morgan fingerprint density at radius 2 is 2.00 bits per heavy atom. The van der Waals surface area contributed by atoms with E-state index < -0.39 is 10.0 Å². The number of nitrogen functional groups attached to an aromatic ring is 1. The lowest BCUT2D eigenvalue weighted by Gasteiger charge is -2.16. The van der Waals surface area contributed by atoms with Gasteiger partial charge in [0.2, 0.25) is 10.0 Å². The van der Waals surface area contributed by atoms with Gasteiger partial charge >= 0.3 is 0 Å². The standard InChI is InChI=1S/C11H22N4O2S/c1-5-6-7-8-14(3)18(16,17)10-9(2)15(4)13-11(10)12/h5-8H2,1-4H3,(H2,12,13). The number of anilines is 1. The van der Waals surface area contributed by atoms with E-state index in [1.165, 1.54) is 8.99 Å². The molecule has 0 saturated heterocycles. The lowest BCUT2D eigenvalue weighted by Crippen LogP contribution is -2.28. The van der Waals surface area contributed by atoms with Crippen LogP contribution >= 0.6 is 0 Å². The van der Waals surface area contributed by atoms with Crippen molar-refractivity contribution in [1.82, 2.24) is 14.1 Å². The minimum Gasteiger partial charge on any atom is -0.381 e. The fourth-order valence-electron chi connectivity index (χ4n) is 1.79. The zero-order chi connectivity index (χ0) is 13.9. The summed E-state index contributed by atoms with van der Waals surface area (Å²) in [4.78, 5) is 0.129. The van der Waals surface area contributed by atoms with Gasteiger partial charge in [0.25, 0.3) is 0 Å².